The van der Waals surface area contributed by atoms with Crippen molar-refractivity contribution in [2.24, 2.45) is 0 Å². The second kappa shape index (κ2) is 6.95. The van der Waals surface area contributed by atoms with E-state index in [2.05, 4.69) is 10.1 Å². The van der Waals surface area contributed by atoms with Crippen molar-refractivity contribution in [3.05, 3.63) is 47.2 Å². The number of hydrogen-bond acceptors (Lipinski definition) is 5. The largest absolute Gasteiger partial charge is 0.469 e. The van der Waals surface area contributed by atoms with Gasteiger partial charge in [0, 0.05) is 12.7 Å². The summed E-state index contributed by atoms with van der Waals surface area (Å²) in [6, 6.07) is 7.90. The number of benzene rings is 1. The Morgan fingerprint density at radius 3 is 2.39 bits per heavy atom. The summed E-state index contributed by atoms with van der Waals surface area (Å²) in [6.45, 7) is 0. The van der Waals surface area contributed by atoms with Crippen molar-refractivity contribution in [3.63, 3.8) is 0 Å². The molecule has 23 heavy (non-hydrogen) atoms. The molecule has 1 atom stereocenters. The third kappa shape index (κ3) is 3.33. The van der Waals surface area contributed by atoms with Crippen molar-refractivity contribution in [1.29, 1.82) is 0 Å². The van der Waals surface area contributed by atoms with Crippen molar-refractivity contribution in [3.8, 4) is 0 Å². The van der Waals surface area contributed by atoms with Gasteiger partial charge in [0.25, 0.3) is 0 Å². The molecule has 0 bridgehead atoms. The van der Waals surface area contributed by atoms with E-state index in [1.807, 2.05) is 6.07 Å². The molecule has 2 rings (SSSR count). The summed E-state index contributed by atoms with van der Waals surface area (Å²) in [7, 11) is 3.99. The highest BCUT2D eigenvalue weighted by Gasteiger charge is 2.37. The van der Waals surface area contributed by atoms with Gasteiger partial charge in [-0.3, -0.25) is 4.79 Å². The predicted octanol–water partition coefficient (Wildman–Crippen LogP) is 1.37. The standard InChI is InChI=1S/C16H18N2O5/c1-18-11(9-12(19)22-2)13(15(20)23-3)14(17-16(18)21)10-7-5-4-6-8-10/h4-8,14H,9H2,1-3H3,(H,17,21). The number of nitrogens with zero attached hydrogens (tertiary/aromatic N) is 1. The number of nitrogens with one attached hydrogen (secondary N) is 1. The number of ether oxygens (including phenoxy) is 2. The van der Waals surface area contributed by atoms with Gasteiger partial charge in [-0.2, -0.15) is 0 Å². The molecule has 7 nitrogen and oxygen atoms in total. The van der Waals surface area contributed by atoms with Crippen molar-refractivity contribution in [1.82, 2.24) is 10.2 Å². The monoisotopic (exact) mass is 318 g/mol. The van der Waals surface area contributed by atoms with E-state index in [-0.39, 0.29) is 17.7 Å². The number of carbonyl (C=O) groups is 3. The molecule has 1 N–H and O–H groups in total. The molecule has 0 radical (unpaired) electrons. The zero-order valence-electron chi connectivity index (χ0n) is 13.2. The van der Waals surface area contributed by atoms with E-state index in [9.17, 15) is 14.4 Å². The Kier molecular flexibility index (Phi) is 5.00. The van der Waals surface area contributed by atoms with E-state index in [1.54, 1.807) is 24.3 Å². The number of amides is 2. The van der Waals surface area contributed by atoms with Gasteiger partial charge in [0.15, 0.2) is 0 Å². The Hall–Kier alpha value is -2.83. The van der Waals surface area contributed by atoms with Crippen molar-refractivity contribution >= 4 is 18.0 Å². The molecule has 7 heteroatoms. The summed E-state index contributed by atoms with van der Waals surface area (Å²) in [5.74, 6) is -1.15. The Balaban J connectivity index is 2.58. The Bertz CT molecular complexity index is 654. The Morgan fingerprint density at radius 2 is 1.83 bits per heavy atom. The summed E-state index contributed by atoms with van der Waals surface area (Å²) in [4.78, 5) is 37.4. The topological polar surface area (TPSA) is 84.9 Å². The lowest BCUT2D eigenvalue weighted by atomic mass is 9.93. The first-order chi connectivity index (χ1) is 11.0. The van der Waals surface area contributed by atoms with Gasteiger partial charge < -0.3 is 19.7 Å². The number of hydrogen-bond donors (Lipinski definition) is 1. The second-order valence-corrected chi connectivity index (χ2v) is 4.96. The van der Waals surface area contributed by atoms with Crippen LogP contribution in [0.4, 0.5) is 4.79 Å². The maximum Gasteiger partial charge on any atom is 0.338 e. The fourth-order valence-corrected chi connectivity index (χ4v) is 2.43. The summed E-state index contributed by atoms with van der Waals surface area (Å²) in [6.07, 6.45) is -0.200. The SMILES string of the molecule is COC(=O)CC1=C(C(=O)OC)C(c2ccccc2)NC(=O)N1C. The van der Waals surface area contributed by atoms with Crippen molar-refractivity contribution < 1.29 is 23.9 Å². The van der Waals surface area contributed by atoms with Crippen LogP contribution in [-0.4, -0.2) is 44.1 Å². The van der Waals surface area contributed by atoms with Gasteiger partial charge in [0.05, 0.1) is 32.3 Å². The molecule has 0 saturated heterocycles. The minimum atomic E-state index is -0.688. The molecule has 122 valence electrons. The van der Waals surface area contributed by atoms with E-state index in [4.69, 9.17) is 4.74 Å². The highest BCUT2D eigenvalue weighted by atomic mass is 16.5. The molecule has 2 amide bonds. The molecule has 1 heterocycles. The van der Waals surface area contributed by atoms with Crippen LogP contribution in [-0.2, 0) is 19.1 Å². The minimum Gasteiger partial charge on any atom is -0.469 e. The molecule has 1 aliphatic rings. The van der Waals surface area contributed by atoms with Crippen molar-refractivity contribution in [2.45, 2.75) is 12.5 Å². The Morgan fingerprint density at radius 1 is 1.17 bits per heavy atom. The summed E-state index contributed by atoms with van der Waals surface area (Å²) in [5, 5.41) is 2.75. The lowest BCUT2D eigenvalue weighted by Gasteiger charge is -2.34. The first-order valence-corrected chi connectivity index (χ1v) is 6.97. The molecule has 1 aromatic carbocycles. The van der Waals surface area contributed by atoms with E-state index in [1.165, 1.54) is 26.2 Å². The molecule has 0 saturated carbocycles. The highest BCUT2D eigenvalue weighted by Crippen LogP contribution is 2.32. The number of esters is 2. The maximum absolute atomic E-state index is 12.3. The first-order valence-electron chi connectivity index (χ1n) is 6.97. The van der Waals surface area contributed by atoms with Crippen LogP contribution in [0.2, 0.25) is 0 Å². The summed E-state index contributed by atoms with van der Waals surface area (Å²) < 4.78 is 9.50. The van der Waals surface area contributed by atoms with Crippen LogP contribution >= 0.6 is 0 Å². The van der Waals surface area contributed by atoms with Crippen LogP contribution in [0.5, 0.6) is 0 Å². The Labute approximate surface area is 133 Å². The van der Waals surface area contributed by atoms with Gasteiger partial charge >= 0.3 is 18.0 Å². The molecule has 0 spiro atoms. The fraction of sp³-hybridized carbons (Fsp3) is 0.312. The van der Waals surface area contributed by atoms with Gasteiger partial charge in [-0.05, 0) is 5.56 Å². The van der Waals surface area contributed by atoms with Gasteiger partial charge in [-0.15, -0.1) is 0 Å². The highest BCUT2D eigenvalue weighted by molar-refractivity contribution is 5.96. The number of methoxy groups -OCH3 is 2. The summed E-state index contributed by atoms with van der Waals surface area (Å²) in [5.41, 5.74) is 1.20. The zero-order valence-corrected chi connectivity index (χ0v) is 13.2. The predicted molar refractivity (Wildman–Crippen MR) is 81.2 cm³/mol. The molecule has 0 fully saturated rings. The lowest BCUT2D eigenvalue weighted by Crippen LogP contribution is -2.47. The average Bonchev–Trinajstić information content (AvgIpc) is 2.58. The number of carbonyl (C=O) groups excluding carboxylic acids is 3. The van der Waals surface area contributed by atoms with Gasteiger partial charge in [0.1, 0.15) is 0 Å². The molecular formula is C16H18N2O5. The fourth-order valence-electron chi connectivity index (χ4n) is 2.43. The lowest BCUT2D eigenvalue weighted by molar-refractivity contribution is -0.140. The molecule has 0 aliphatic carbocycles. The molecule has 0 aromatic heterocycles. The minimum absolute atomic E-state index is 0.200. The molecule has 1 aliphatic heterocycles. The van der Waals surface area contributed by atoms with Crippen LogP contribution in [0.1, 0.15) is 18.0 Å². The quantitative estimate of drug-likeness (QED) is 0.848. The van der Waals surface area contributed by atoms with Crippen molar-refractivity contribution in [2.75, 3.05) is 21.3 Å². The molecule has 1 unspecified atom stereocenters. The zero-order chi connectivity index (χ0) is 17.0. The van der Waals surface area contributed by atoms with Gasteiger partial charge in [-0.25, -0.2) is 9.59 Å². The smallest absolute Gasteiger partial charge is 0.338 e. The normalized spacial score (nSPS) is 17.6. The van der Waals surface area contributed by atoms with E-state index >= 15 is 0 Å². The van der Waals surface area contributed by atoms with Crippen LogP contribution in [0.15, 0.2) is 41.6 Å². The van der Waals surface area contributed by atoms with Gasteiger partial charge in [0.2, 0.25) is 0 Å². The van der Waals surface area contributed by atoms with E-state index < -0.39 is 24.0 Å². The third-order valence-electron chi connectivity index (χ3n) is 3.65. The maximum atomic E-state index is 12.3. The van der Waals surface area contributed by atoms with E-state index in [0.717, 1.165) is 5.56 Å². The molecular weight excluding hydrogens is 300 g/mol. The first kappa shape index (κ1) is 16.5. The van der Waals surface area contributed by atoms with Gasteiger partial charge in [-0.1, -0.05) is 30.3 Å². The van der Waals surface area contributed by atoms with Crippen LogP contribution in [0.3, 0.4) is 0 Å². The number of urea groups is 1. The second-order valence-electron chi connectivity index (χ2n) is 4.96. The van der Waals surface area contributed by atoms with E-state index in [0.29, 0.717) is 0 Å². The van der Waals surface area contributed by atoms with Crippen LogP contribution in [0.25, 0.3) is 0 Å². The average molecular weight is 318 g/mol. The third-order valence-corrected chi connectivity index (χ3v) is 3.65. The summed E-state index contributed by atoms with van der Waals surface area (Å²) >= 11 is 0. The number of rotatable bonds is 4. The van der Waals surface area contributed by atoms with Crippen LogP contribution < -0.4 is 5.32 Å². The molecule has 1 aromatic rings. The van der Waals surface area contributed by atoms with Crippen LogP contribution in [0, 0.1) is 0 Å².